The minimum atomic E-state index is 0.385. The van der Waals surface area contributed by atoms with E-state index < -0.39 is 0 Å². The van der Waals surface area contributed by atoms with Crippen molar-refractivity contribution in [3.8, 4) is 0 Å². The fraction of sp³-hybridized carbons (Fsp3) is 1.00. The van der Waals surface area contributed by atoms with Crippen molar-refractivity contribution in [2.75, 3.05) is 26.4 Å². The van der Waals surface area contributed by atoms with Crippen LogP contribution in [0.5, 0.6) is 0 Å². The van der Waals surface area contributed by atoms with Gasteiger partial charge in [0.15, 0.2) is 0 Å². The van der Waals surface area contributed by atoms with Crippen LogP contribution in [0.3, 0.4) is 0 Å². The third-order valence-electron chi connectivity index (χ3n) is 3.90. The molecule has 0 amide bonds. The first-order chi connectivity index (χ1) is 8.81. The van der Waals surface area contributed by atoms with E-state index in [1.807, 2.05) is 6.92 Å². The predicted octanol–water partition coefficient (Wildman–Crippen LogP) is 2.99. The van der Waals surface area contributed by atoms with Gasteiger partial charge in [0.05, 0.1) is 19.3 Å². The molecule has 1 saturated carbocycles. The molecular formula is C15H31NO2. The molecule has 1 fully saturated rings. The third-order valence-corrected chi connectivity index (χ3v) is 3.90. The lowest BCUT2D eigenvalue weighted by molar-refractivity contribution is -0.0349. The summed E-state index contributed by atoms with van der Waals surface area (Å²) in [6.45, 7) is 9.89. The molecule has 3 unspecified atom stereocenters. The highest BCUT2D eigenvalue weighted by molar-refractivity contribution is 4.85. The third kappa shape index (κ3) is 5.68. The maximum Gasteiger partial charge on any atom is 0.0731 e. The van der Waals surface area contributed by atoms with Gasteiger partial charge >= 0.3 is 0 Å². The highest BCUT2D eigenvalue weighted by Gasteiger charge is 2.29. The van der Waals surface area contributed by atoms with Gasteiger partial charge in [0.25, 0.3) is 0 Å². The summed E-state index contributed by atoms with van der Waals surface area (Å²) in [7, 11) is 0. The summed E-state index contributed by atoms with van der Waals surface area (Å²) < 4.78 is 11.4. The summed E-state index contributed by atoms with van der Waals surface area (Å²) in [6.07, 6.45) is 6.69. The van der Waals surface area contributed by atoms with E-state index in [1.165, 1.54) is 32.1 Å². The Hall–Kier alpha value is -0.120. The molecule has 3 heteroatoms. The van der Waals surface area contributed by atoms with Crippen LogP contribution in [0.4, 0.5) is 0 Å². The molecule has 0 radical (unpaired) electrons. The molecule has 3 nitrogen and oxygen atoms in total. The van der Waals surface area contributed by atoms with Crippen molar-refractivity contribution in [1.82, 2.24) is 5.32 Å². The van der Waals surface area contributed by atoms with Gasteiger partial charge in [0, 0.05) is 12.6 Å². The second kappa shape index (κ2) is 9.76. The van der Waals surface area contributed by atoms with Crippen LogP contribution in [0.25, 0.3) is 0 Å². The first-order valence-corrected chi connectivity index (χ1v) is 7.74. The Morgan fingerprint density at radius 2 is 1.94 bits per heavy atom. The van der Waals surface area contributed by atoms with Crippen LogP contribution in [0.1, 0.15) is 52.9 Å². The number of ether oxygens (including phenoxy) is 2. The van der Waals surface area contributed by atoms with Crippen molar-refractivity contribution < 1.29 is 9.47 Å². The van der Waals surface area contributed by atoms with Crippen molar-refractivity contribution in [2.24, 2.45) is 5.92 Å². The lowest BCUT2D eigenvalue weighted by Crippen LogP contribution is -2.46. The SMILES string of the molecule is CCCNC1CCC(CC)CC1OCCOCC. The molecule has 3 atom stereocenters. The van der Waals surface area contributed by atoms with Gasteiger partial charge in [-0.25, -0.2) is 0 Å². The van der Waals surface area contributed by atoms with Gasteiger partial charge in [0.2, 0.25) is 0 Å². The predicted molar refractivity (Wildman–Crippen MR) is 75.9 cm³/mol. The number of hydrogen-bond acceptors (Lipinski definition) is 3. The van der Waals surface area contributed by atoms with Gasteiger partial charge in [0.1, 0.15) is 0 Å². The molecule has 0 aromatic carbocycles. The molecule has 108 valence electrons. The average Bonchev–Trinajstić information content (AvgIpc) is 2.42. The largest absolute Gasteiger partial charge is 0.379 e. The molecule has 1 N–H and O–H groups in total. The Morgan fingerprint density at radius 3 is 2.61 bits per heavy atom. The van der Waals surface area contributed by atoms with E-state index >= 15 is 0 Å². The summed E-state index contributed by atoms with van der Waals surface area (Å²) in [5.41, 5.74) is 0. The van der Waals surface area contributed by atoms with E-state index in [1.54, 1.807) is 0 Å². The number of hydrogen-bond donors (Lipinski definition) is 1. The van der Waals surface area contributed by atoms with Gasteiger partial charge in [-0.2, -0.15) is 0 Å². The molecule has 0 heterocycles. The lowest BCUT2D eigenvalue weighted by atomic mass is 9.82. The van der Waals surface area contributed by atoms with Crippen LogP contribution in [0.2, 0.25) is 0 Å². The minimum Gasteiger partial charge on any atom is -0.379 e. The fourth-order valence-electron chi connectivity index (χ4n) is 2.73. The Kier molecular flexibility index (Phi) is 8.64. The minimum absolute atomic E-state index is 0.385. The van der Waals surface area contributed by atoms with Crippen molar-refractivity contribution in [2.45, 2.75) is 65.0 Å². The van der Waals surface area contributed by atoms with Crippen LogP contribution >= 0.6 is 0 Å². The Balaban J connectivity index is 2.33. The summed E-state index contributed by atoms with van der Waals surface area (Å²) >= 11 is 0. The average molecular weight is 257 g/mol. The summed E-state index contributed by atoms with van der Waals surface area (Å²) in [4.78, 5) is 0. The standard InChI is InChI=1S/C15H31NO2/c1-4-9-16-14-8-7-13(5-2)12-15(14)18-11-10-17-6-3/h13-16H,4-12H2,1-3H3. The number of rotatable bonds is 9. The highest BCUT2D eigenvalue weighted by atomic mass is 16.5. The van der Waals surface area contributed by atoms with Gasteiger partial charge in [-0.15, -0.1) is 0 Å². The van der Waals surface area contributed by atoms with Gasteiger partial charge in [-0.3, -0.25) is 0 Å². The van der Waals surface area contributed by atoms with Crippen LogP contribution in [0.15, 0.2) is 0 Å². The molecule has 0 aromatic heterocycles. The molecule has 0 aromatic rings. The smallest absolute Gasteiger partial charge is 0.0731 e. The molecule has 1 rings (SSSR count). The monoisotopic (exact) mass is 257 g/mol. The quantitative estimate of drug-likeness (QED) is 0.644. The van der Waals surface area contributed by atoms with E-state index in [0.29, 0.717) is 12.1 Å². The zero-order valence-electron chi connectivity index (χ0n) is 12.4. The molecule has 0 saturated heterocycles. The van der Waals surface area contributed by atoms with E-state index in [4.69, 9.17) is 9.47 Å². The van der Waals surface area contributed by atoms with Crippen LogP contribution in [0, 0.1) is 5.92 Å². The topological polar surface area (TPSA) is 30.5 Å². The van der Waals surface area contributed by atoms with Gasteiger partial charge in [-0.1, -0.05) is 20.3 Å². The first kappa shape index (κ1) is 15.9. The highest BCUT2D eigenvalue weighted by Crippen LogP contribution is 2.28. The van der Waals surface area contributed by atoms with Crippen LogP contribution in [-0.4, -0.2) is 38.5 Å². The molecule has 1 aliphatic rings. The Bertz CT molecular complexity index is 199. The number of nitrogens with one attached hydrogen (secondary N) is 1. The normalized spacial score (nSPS) is 28.5. The summed E-state index contributed by atoms with van der Waals surface area (Å²) in [5, 5.41) is 3.64. The molecule has 1 aliphatic carbocycles. The zero-order valence-corrected chi connectivity index (χ0v) is 12.4. The Morgan fingerprint density at radius 1 is 1.11 bits per heavy atom. The van der Waals surface area contributed by atoms with Crippen LogP contribution in [-0.2, 0) is 9.47 Å². The second-order valence-electron chi connectivity index (χ2n) is 5.25. The molecule has 0 spiro atoms. The maximum atomic E-state index is 6.04. The van der Waals surface area contributed by atoms with Gasteiger partial charge < -0.3 is 14.8 Å². The van der Waals surface area contributed by atoms with E-state index in [0.717, 1.165) is 32.3 Å². The maximum absolute atomic E-state index is 6.04. The van der Waals surface area contributed by atoms with Crippen LogP contribution < -0.4 is 5.32 Å². The van der Waals surface area contributed by atoms with E-state index in [2.05, 4.69) is 19.2 Å². The molecule has 18 heavy (non-hydrogen) atoms. The summed E-state index contributed by atoms with van der Waals surface area (Å²) in [5.74, 6) is 0.849. The van der Waals surface area contributed by atoms with Gasteiger partial charge in [-0.05, 0) is 45.1 Å². The zero-order chi connectivity index (χ0) is 13.2. The van der Waals surface area contributed by atoms with Crippen molar-refractivity contribution in [1.29, 1.82) is 0 Å². The lowest BCUT2D eigenvalue weighted by Gasteiger charge is -2.36. The second-order valence-corrected chi connectivity index (χ2v) is 5.25. The van der Waals surface area contributed by atoms with Crippen molar-refractivity contribution >= 4 is 0 Å². The first-order valence-electron chi connectivity index (χ1n) is 7.74. The molecular weight excluding hydrogens is 226 g/mol. The van der Waals surface area contributed by atoms with E-state index in [-0.39, 0.29) is 0 Å². The Labute approximate surface area is 113 Å². The van der Waals surface area contributed by atoms with E-state index in [9.17, 15) is 0 Å². The molecule has 0 aliphatic heterocycles. The van der Waals surface area contributed by atoms with Crippen molar-refractivity contribution in [3.63, 3.8) is 0 Å². The summed E-state index contributed by atoms with van der Waals surface area (Å²) in [6, 6.07) is 0.550. The van der Waals surface area contributed by atoms with Crippen molar-refractivity contribution in [3.05, 3.63) is 0 Å². The molecule has 0 bridgehead atoms. The fourth-order valence-corrected chi connectivity index (χ4v) is 2.73.